The van der Waals surface area contributed by atoms with Gasteiger partial charge in [-0.1, -0.05) is 0 Å². The first-order chi connectivity index (χ1) is 11.5. The van der Waals surface area contributed by atoms with Crippen molar-refractivity contribution in [3.05, 3.63) is 34.5 Å². The van der Waals surface area contributed by atoms with Crippen molar-refractivity contribution in [1.29, 1.82) is 0 Å². The van der Waals surface area contributed by atoms with Crippen LogP contribution in [0.5, 0.6) is 0 Å². The van der Waals surface area contributed by atoms with Crippen molar-refractivity contribution in [2.24, 2.45) is 0 Å². The molecule has 25 heavy (non-hydrogen) atoms. The van der Waals surface area contributed by atoms with Gasteiger partial charge in [0.25, 0.3) is 0 Å². The lowest BCUT2D eigenvalue weighted by atomic mass is 10.1. The molecule has 3 nitrogen and oxygen atoms in total. The van der Waals surface area contributed by atoms with Crippen LogP contribution >= 0.6 is 11.3 Å². The van der Waals surface area contributed by atoms with Gasteiger partial charge < -0.3 is 5.73 Å². The Bertz CT molecular complexity index is 730. The highest BCUT2D eigenvalue weighted by Crippen LogP contribution is 2.36. The van der Waals surface area contributed by atoms with Crippen LogP contribution in [0.15, 0.2) is 18.2 Å². The molecular formula is C17H21F4N3S. The Balaban J connectivity index is 2.49. The maximum absolute atomic E-state index is 13.7. The molecule has 2 rings (SSSR count). The van der Waals surface area contributed by atoms with Gasteiger partial charge in [0.2, 0.25) is 0 Å². The zero-order valence-electron chi connectivity index (χ0n) is 14.5. The minimum absolute atomic E-state index is 0.0859. The summed E-state index contributed by atoms with van der Waals surface area (Å²) in [5.74, 6) is -0.952. The van der Waals surface area contributed by atoms with Crippen molar-refractivity contribution >= 4 is 16.5 Å². The number of hydrogen-bond acceptors (Lipinski definition) is 4. The number of nitrogens with zero attached hydrogens (tertiary/aromatic N) is 2. The lowest BCUT2D eigenvalue weighted by Crippen LogP contribution is -2.36. The van der Waals surface area contributed by atoms with Crippen molar-refractivity contribution in [2.75, 3.05) is 5.73 Å². The number of hydrogen-bond donors (Lipinski definition) is 1. The Kier molecular flexibility index (Phi) is 5.73. The van der Waals surface area contributed by atoms with E-state index in [1.54, 1.807) is 0 Å². The third-order valence-electron chi connectivity index (χ3n) is 3.87. The first kappa shape index (κ1) is 19.7. The average Bonchev–Trinajstić information content (AvgIpc) is 2.83. The quantitative estimate of drug-likeness (QED) is 0.733. The van der Waals surface area contributed by atoms with Crippen LogP contribution in [-0.4, -0.2) is 22.0 Å². The van der Waals surface area contributed by atoms with Crippen LogP contribution in [0.2, 0.25) is 0 Å². The van der Waals surface area contributed by atoms with E-state index in [1.165, 1.54) is 11.3 Å². The van der Waals surface area contributed by atoms with E-state index in [0.717, 1.165) is 17.0 Å². The molecule has 0 unspecified atom stereocenters. The van der Waals surface area contributed by atoms with Gasteiger partial charge in [0.1, 0.15) is 5.82 Å². The fourth-order valence-electron chi connectivity index (χ4n) is 2.72. The number of nitrogen functional groups attached to an aromatic ring is 1. The molecule has 0 saturated carbocycles. The summed E-state index contributed by atoms with van der Waals surface area (Å²) in [5, 5.41) is 0.246. The predicted molar refractivity (Wildman–Crippen MR) is 92.7 cm³/mol. The fourth-order valence-corrected chi connectivity index (χ4v) is 3.58. The van der Waals surface area contributed by atoms with Crippen LogP contribution in [0, 0.1) is 5.82 Å². The summed E-state index contributed by atoms with van der Waals surface area (Å²) < 4.78 is 52.7. The lowest BCUT2D eigenvalue weighted by molar-refractivity contribution is -0.137. The maximum atomic E-state index is 13.7. The molecule has 0 atom stereocenters. The third kappa shape index (κ3) is 4.70. The van der Waals surface area contributed by atoms with Crippen LogP contribution in [-0.2, 0) is 12.7 Å². The van der Waals surface area contributed by atoms with Crippen LogP contribution in [0.25, 0.3) is 11.3 Å². The minimum Gasteiger partial charge on any atom is -0.375 e. The number of rotatable bonds is 5. The van der Waals surface area contributed by atoms with Crippen LogP contribution in [0.4, 0.5) is 22.7 Å². The number of alkyl halides is 3. The molecular weight excluding hydrogens is 354 g/mol. The van der Waals surface area contributed by atoms with Crippen molar-refractivity contribution in [2.45, 2.75) is 52.5 Å². The molecule has 0 fully saturated rings. The Hall–Kier alpha value is -1.67. The Morgan fingerprint density at radius 2 is 1.72 bits per heavy atom. The molecule has 0 aliphatic heterocycles. The van der Waals surface area contributed by atoms with E-state index in [1.807, 2.05) is 27.7 Å². The fraction of sp³-hybridized carbons (Fsp3) is 0.471. The third-order valence-corrected chi connectivity index (χ3v) is 4.73. The predicted octanol–water partition coefficient (Wildman–Crippen LogP) is 5.17. The van der Waals surface area contributed by atoms with E-state index in [0.29, 0.717) is 18.3 Å². The van der Waals surface area contributed by atoms with Gasteiger partial charge in [-0.25, -0.2) is 9.37 Å². The molecule has 0 amide bonds. The number of aromatic nitrogens is 1. The second-order valence-corrected chi connectivity index (χ2v) is 7.53. The summed E-state index contributed by atoms with van der Waals surface area (Å²) in [7, 11) is 0. The largest absolute Gasteiger partial charge is 0.416 e. The van der Waals surface area contributed by atoms with Gasteiger partial charge in [-0.2, -0.15) is 13.2 Å². The van der Waals surface area contributed by atoms with Crippen molar-refractivity contribution < 1.29 is 17.6 Å². The first-order valence-electron chi connectivity index (χ1n) is 7.88. The van der Waals surface area contributed by atoms with E-state index in [4.69, 9.17) is 5.73 Å². The van der Waals surface area contributed by atoms with E-state index >= 15 is 0 Å². The van der Waals surface area contributed by atoms with Gasteiger partial charge in [0.15, 0.2) is 5.13 Å². The number of anilines is 1. The number of halogens is 4. The van der Waals surface area contributed by atoms with Gasteiger partial charge >= 0.3 is 6.18 Å². The Morgan fingerprint density at radius 3 is 2.24 bits per heavy atom. The highest BCUT2D eigenvalue weighted by atomic mass is 32.1. The Morgan fingerprint density at radius 1 is 1.12 bits per heavy atom. The molecule has 1 aromatic heterocycles. The number of benzene rings is 1. The summed E-state index contributed by atoms with van der Waals surface area (Å²) in [5.41, 5.74) is 5.13. The molecule has 0 spiro atoms. The molecule has 2 N–H and O–H groups in total. The van der Waals surface area contributed by atoms with Crippen molar-refractivity contribution in [1.82, 2.24) is 9.88 Å². The molecule has 0 saturated heterocycles. The number of nitrogens with two attached hydrogens (primary N) is 1. The molecule has 138 valence electrons. The number of thiazole rings is 1. The SMILES string of the molecule is CC(C)N(Cc1sc(N)nc1-c1cc(F)cc(C(F)(F)F)c1)C(C)C. The smallest absolute Gasteiger partial charge is 0.375 e. The van der Waals surface area contributed by atoms with Crippen LogP contribution in [0.1, 0.15) is 38.1 Å². The van der Waals surface area contributed by atoms with Crippen LogP contribution < -0.4 is 5.73 Å². The summed E-state index contributed by atoms with van der Waals surface area (Å²) in [6.45, 7) is 8.63. The van der Waals surface area contributed by atoms with E-state index in [2.05, 4.69) is 9.88 Å². The second kappa shape index (κ2) is 7.29. The lowest BCUT2D eigenvalue weighted by Gasteiger charge is -2.30. The second-order valence-electron chi connectivity index (χ2n) is 6.41. The topological polar surface area (TPSA) is 42.1 Å². The molecule has 0 radical (unpaired) electrons. The Labute approximate surface area is 148 Å². The molecule has 0 aliphatic rings. The van der Waals surface area contributed by atoms with Gasteiger partial charge in [0, 0.05) is 29.1 Å². The maximum Gasteiger partial charge on any atom is 0.416 e. The zero-order valence-corrected chi connectivity index (χ0v) is 15.3. The summed E-state index contributed by atoms with van der Waals surface area (Å²) in [4.78, 5) is 7.04. The van der Waals surface area contributed by atoms with Crippen molar-refractivity contribution in [3.63, 3.8) is 0 Å². The minimum atomic E-state index is -4.62. The molecule has 0 aliphatic carbocycles. The standard InChI is InChI=1S/C17H21F4N3S/c1-9(2)24(10(3)4)8-14-15(23-16(22)25-14)11-5-12(17(19,20)21)7-13(18)6-11/h5-7,9-10H,8H2,1-4H3,(H2,22,23). The van der Waals surface area contributed by atoms with E-state index < -0.39 is 17.6 Å². The van der Waals surface area contributed by atoms with E-state index in [-0.39, 0.29) is 22.8 Å². The van der Waals surface area contributed by atoms with Gasteiger partial charge in [-0.3, -0.25) is 4.90 Å². The normalized spacial score (nSPS) is 12.6. The molecule has 8 heteroatoms. The van der Waals surface area contributed by atoms with Gasteiger partial charge in [-0.15, -0.1) is 11.3 Å². The average molecular weight is 375 g/mol. The van der Waals surface area contributed by atoms with E-state index in [9.17, 15) is 17.6 Å². The van der Waals surface area contributed by atoms with Crippen LogP contribution in [0.3, 0.4) is 0 Å². The van der Waals surface area contributed by atoms with Crippen molar-refractivity contribution in [3.8, 4) is 11.3 Å². The molecule has 1 heterocycles. The highest BCUT2D eigenvalue weighted by molar-refractivity contribution is 7.15. The molecule has 2 aromatic rings. The first-order valence-corrected chi connectivity index (χ1v) is 8.69. The summed E-state index contributed by atoms with van der Waals surface area (Å²) in [6.07, 6.45) is -4.62. The van der Waals surface area contributed by atoms with Gasteiger partial charge in [0.05, 0.1) is 11.3 Å². The van der Waals surface area contributed by atoms with Gasteiger partial charge in [-0.05, 0) is 45.9 Å². The summed E-state index contributed by atoms with van der Waals surface area (Å²) >= 11 is 1.21. The zero-order chi connectivity index (χ0) is 18.9. The summed E-state index contributed by atoms with van der Waals surface area (Å²) in [6, 6.07) is 2.91. The molecule has 1 aromatic carbocycles. The highest BCUT2D eigenvalue weighted by Gasteiger charge is 2.32. The monoisotopic (exact) mass is 375 g/mol. The molecule has 0 bridgehead atoms.